The molecular formula is C42H51N6NiO13+. The normalized spacial score (nSPS) is 36.2. The quantitative estimate of drug-likeness (QED) is 0.116. The molecule has 0 aromatic carbocycles. The van der Waals surface area contributed by atoms with Gasteiger partial charge in [0.05, 0.1) is 30.6 Å². The van der Waals surface area contributed by atoms with Gasteiger partial charge >= 0.3 is 46.3 Å². The molecule has 8 bridgehead atoms. The average Bonchev–Trinajstić information content (AvgIpc) is 3.83. The van der Waals surface area contributed by atoms with Gasteiger partial charge in [-0.3, -0.25) is 53.5 Å². The van der Waals surface area contributed by atoms with Crippen LogP contribution in [0, 0.1) is 46.3 Å². The van der Waals surface area contributed by atoms with Crippen molar-refractivity contribution in [3.05, 3.63) is 23.1 Å². The van der Waals surface area contributed by atoms with Gasteiger partial charge in [0.15, 0.2) is 0 Å². The molecule has 2 amide bonds. The Kier molecular flexibility index (Phi) is 12.8. The van der Waals surface area contributed by atoms with Crippen LogP contribution in [0.25, 0.3) is 0 Å². The molecule has 20 heteroatoms. The van der Waals surface area contributed by atoms with Gasteiger partial charge < -0.3 is 41.7 Å². The van der Waals surface area contributed by atoms with Crippen LogP contribution in [-0.4, -0.2) is 108 Å². The molecular weight excluding hydrogens is 855 g/mol. The second-order valence-corrected chi connectivity index (χ2v) is 18.3. The van der Waals surface area contributed by atoms with E-state index >= 15 is 0 Å². The van der Waals surface area contributed by atoms with Crippen molar-refractivity contribution in [3.63, 3.8) is 0 Å². The molecule has 1 spiro atoms. The molecule has 1 saturated heterocycles. The van der Waals surface area contributed by atoms with Crippen LogP contribution in [0.2, 0.25) is 0 Å². The number of fused-ring (bicyclic) bond motifs is 4. The van der Waals surface area contributed by atoms with Gasteiger partial charge in [0.1, 0.15) is 5.66 Å². The Morgan fingerprint density at radius 1 is 0.855 bits per heavy atom. The SMILES string of the molecule is C[C@@]12CC(=O)N[C@@]13C[C@@H]1N=C(C[C@H]4N=C5C(=C([O-])CC[C@H]5[C@@H]4CC(=O)O)C4=N/C(=C\C(=N3)[C@H]2CCC(=O)O)[C@@H](CC(=O)O)[C@@H]4CCC(=O)O)[C@@](C)(CC(N)=O)[C@@H]1CCC(=O)O.[Ni+2]. The molecule has 0 aromatic rings. The number of carbonyl (C=O) groups is 7. The van der Waals surface area contributed by atoms with Crippen molar-refractivity contribution >= 4 is 64.5 Å². The van der Waals surface area contributed by atoms with E-state index in [-0.39, 0.29) is 122 Å². The van der Waals surface area contributed by atoms with Crippen LogP contribution in [0.5, 0.6) is 0 Å². The number of nitrogens with one attached hydrogen (secondary N) is 1. The first-order valence-electron chi connectivity index (χ1n) is 20.8. The molecule has 0 unspecified atom stereocenters. The number of carboxylic acids is 5. The molecule has 8 N–H and O–H groups in total. The van der Waals surface area contributed by atoms with E-state index in [1.54, 1.807) is 13.0 Å². The Bertz CT molecular complexity index is 2180. The smallest absolute Gasteiger partial charge is 0.875 e. The monoisotopic (exact) mass is 905 g/mol. The summed E-state index contributed by atoms with van der Waals surface area (Å²) in [6.07, 6.45) is -0.455. The van der Waals surface area contributed by atoms with Crippen molar-refractivity contribution in [2.45, 2.75) is 121 Å². The number of hydrogen-bond donors (Lipinski definition) is 7. The maximum absolute atomic E-state index is 14.2. The Morgan fingerprint density at radius 2 is 1.50 bits per heavy atom. The van der Waals surface area contributed by atoms with Crippen molar-refractivity contribution in [2.24, 2.45) is 72.0 Å². The number of nitrogens with zero attached hydrogens (tertiary/aromatic N) is 4. The van der Waals surface area contributed by atoms with Gasteiger partial charge in [0.25, 0.3) is 0 Å². The van der Waals surface area contributed by atoms with Gasteiger partial charge in [0, 0.05) is 114 Å². The molecule has 7 aliphatic rings. The zero-order valence-corrected chi connectivity index (χ0v) is 35.3. The Labute approximate surface area is 366 Å². The van der Waals surface area contributed by atoms with E-state index in [1.165, 1.54) is 0 Å². The first-order chi connectivity index (χ1) is 28.7. The standard InChI is InChI=1S/C42H52N6O13.Ni/c1-40(16-30(43)50)22(5-9-33(54)55)27-15-42-41(2,17-31(51)48-42)23(6-10-34(56)57)26(47-42)13-24-20(11-35(58)59)19(4-8-32(52)53)39(45-24)37-28(49)7-3-18-21(12-36(60)61)25(46-38(18)37)14-29(40)44-27;/h13,18-23,25,27,49H,3-12,14-17H2,1-2H3,(H2,43,50)(H,48,51)(H,52,53)(H,54,55)(H,56,57)(H,58,59)(H,60,61);/q;+2/p-1/b24-13-;/t18-,19-,20-,21-,22+,23+,25+,27-,40-,41-,42-;/m0./s1. The molecule has 0 aromatic heterocycles. The van der Waals surface area contributed by atoms with Crippen LogP contribution in [0.4, 0.5) is 0 Å². The van der Waals surface area contributed by atoms with E-state index in [9.17, 15) is 64.2 Å². The summed E-state index contributed by atoms with van der Waals surface area (Å²) in [5.41, 5.74) is 3.63. The number of primary amides is 1. The second-order valence-electron chi connectivity index (χ2n) is 18.3. The zero-order valence-electron chi connectivity index (χ0n) is 34.3. The van der Waals surface area contributed by atoms with E-state index in [1.807, 2.05) is 6.92 Å². The summed E-state index contributed by atoms with van der Waals surface area (Å²) in [6, 6.07) is -1.58. The Balaban J connectivity index is 0.00000641. The molecule has 7 rings (SSSR count). The van der Waals surface area contributed by atoms with E-state index in [4.69, 9.17) is 25.7 Å². The number of aliphatic carboxylic acids is 5. The minimum atomic E-state index is -1.46. The van der Waals surface area contributed by atoms with Crippen LogP contribution < -0.4 is 16.2 Å². The largest absolute Gasteiger partial charge is 2.00 e. The summed E-state index contributed by atoms with van der Waals surface area (Å²) in [6.45, 7) is 3.58. The van der Waals surface area contributed by atoms with Gasteiger partial charge in [-0.25, -0.2) is 0 Å². The van der Waals surface area contributed by atoms with E-state index in [0.717, 1.165) is 0 Å². The molecule has 0 radical (unpaired) electrons. The predicted octanol–water partition coefficient (Wildman–Crippen LogP) is 1.97. The fourth-order valence-electron chi connectivity index (χ4n) is 12.0. The number of hydrogen-bond acceptors (Lipinski definition) is 12. The topological polar surface area (TPSA) is 331 Å². The van der Waals surface area contributed by atoms with Crippen molar-refractivity contribution in [1.82, 2.24) is 5.32 Å². The predicted molar refractivity (Wildman–Crippen MR) is 212 cm³/mol. The van der Waals surface area contributed by atoms with Gasteiger partial charge in [-0.15, -0.1) is 5.76 Å². The summed E-state index contributed by atoms with van der Waals surface area (Å²) < 4.78 is 0. The fraction of sp³-hybridized carbons (Fsp3) is 0.643. The maximum atomic E-state index is 14.2. The third kappa shape index (κ3) is 8.21. The number of amides is 2. The van der Waals surface area contributed by atoms with Gasteiger partial charge in [-0.1, -0.05) is 13.8 Å². The van der Waals surface area contributed by atoms with Gasteiger partial charge in [0.2, 0.25) is 11.8 Å². The van der Waals surface area contributed by atoms with Crippen molar-refractivity contribution in [3.8, 4) is 0 Å². The van der Waals surface area contributed by atoms with Crippen LogP contribution >= 0.6 is 0 Å². The van der Waals surface area contributed by atoms with E-state index in [2.05, 4.69) is 5.32 Å². The summed E-state index contributed by atoms with van der Waals surface area (Å²) in [7, 11) is 0. The fourth-order valence-corrected chi connectivity index (χ4v) is 12.0. The molecule has 1 aliphatic carbocycles. The Morgan fingerprint density at radius 3 is 2.13 bits per heavy atom. The first-order valence-corrected chi connectivity index (χ1v) is 20.8. The molecule has 6 heterocycles. The third-order valence-electron chi connectivity index (χ3n) is 14.7. The molecule has 336 valence electrons. The molecule has 19 nitrogen and oxygen atoms in total. The molecule has 6 aliphatic heterocycles. The second kappa shape index (κ2) is 17.1. The minimum Gasteiger partial charge on any atom is -0.875 e. The van der Waals surface area contributed by atoms with Crippen LogP contribution in [0.15, 0.2) is 43.1 Å². The number of allylic oxidation sites excluding steroid dienone is 4. The number of carbonyl (C=O) groups excluding carboxylic acids is 2. The van der Waals surface area contributed by atoms with E-state index in [0.29, 0.717) is 17.1 Å². The van der Waals surface area contributed by atoms with E-state index < -0.39 is 113 Å². The zero-order chi connectivity index (χ0) is 44.3. The van der Waals surface area contributed by atoms with Crippen molar-refractivity contribution in [2.75, 3.05) is 0 Å². The number of rotatable bonds is 15. The number of carboxylic acid groups (broad SMARTS) is 5. The molecule has 0 saturated carbocycles. The third-order valence-corrected chi connectivity index (χ3v) is 14.7. The Hall–Kier alpha value is -5.26. The average molecular weight is 907 g/mol. The minimum absolute atomic E-state index is 0. The van der Waals surface area contributed by atoms with Crippen molar-refractivity contribution < 1.29 is 80.7 Å². The maximum Gasteiger partial charge on any atom is 2.00 e. The first kappa shape index (κ1) is 46.3. The molecule has 62 heavy (non-hydrogen) atoms. The number of aliphatic imine (C=N–C) groups is 4. The summed E-state index contributed by atoms with van der Waals surface area (Å²) in [5, 5.41) is 67.3. The van der Waals surface area contributed by atoms with Crippen LogP contribution in [-0.2, 0) is 50.1 Å². The summed E-state index contributed by atoms with van der Waals surface area (Å²) in [5.74, 6) is -11.6. The van der Waals surface area contributed by atoms with Gasteiger partial charge in [-0.05, 0) is 44.1 Å². The van der Waals surface area contributed by atoms with Crippen molar-refractivity contribution in [1.29, 1.82) is 0 Å². The van der Waals surface area contributed by atoms with Crippen LogP contribution in [0.1, 0.15) is 104 Å². The molecule has 11 atom stereocenters. The number of nitrogens with two attached hydrogens (primary N) is 1. The molecule has 1 fully saturated rings. The van der Waals surface area contributed by atoms with Crippen LogP contribution in [0.3, 0.4) is 0 Å². The summed E-state index contributed by atoms with van der Waals surface area (Å²) in [4.78, 5) is 108. The summed E-state index contributed by atoms with van der Waals surface area (Å²) >= 11 is 0. The van der Waals surface area contributed by atoms with Gasteiger partial charge in [-0.2, -0.15) is 0 Å².